The van der Waals surface area contributed by atoms with Crippen LogP contribution in [-0.4, -0.2) is 42.0 Å². The Labute approximate surface area is 194 Å². The standard InChI is InChI=1S/C24H35N3O6/c1-15(2)13-18(14-20(28)27-32)22(29)26-21(16-7-5-4-6-8-16)23(30)25-19-11-9-17(10-12-19)24(31)33-3/h9-12,15-16,18,21,32H,4-8,13-14H2,1-3H3,(H,25,30)(H,26,29)(H,27,28)/t18-,21+/m1/s1. The predicted molar refractivity (Wildman–Crippen MR) is 122 cm³/mol. The molecule has 33 heavy (non-hydrogen) atoms. The number of anilines is 1. The summed E-state index contributed by atoms with van der Waals surface area (Å²) in [5.41, 5.74) is 2.45. The van der Waals surface area contributed by atoms with Crippen molar-refractivity contribution in [1.29, 1.82) is 0 Å². The molecule has 0 bridgehead atoms. The van der Waals surface area contributed by atoms with Crippen LogP contribution in [0, 0.1) is 17.8 Å². The topological polar surface area (TPSA) is 134 Å². The normalized spacial score (nSPS) is 15.9. The fourth-order valence-corrected chi connectivity index (χ4v) is 4.29. The SMILES string of the molecule is COC(=O)c1ccc(NC(=O)[C@@H](NC(=O)[C@@H](CC(=O)NO)CC(C)C)C2CCCCC2)cc1. The Kier molecular flexibility index (Phi) is 10.3. The zero-order chi connectivity index (χ0) is 24.4. The van der Waals surface area contributed by atoms with Crippen LogP contribution in [0.5, 0.6) is 0 Å². The number of carbonyl (C=O) groups excluding carboxylic acids is 4. The number of amides is 3. The molecule has 4 N–H and O–H groups in total. The minimum absolute atomic E-state index is 0.0107. The van der Waals surface area contributed by atoms with Crippen molar-refractivity contribution >= 4 is 29.4 Å². The van der Waals surface area contributed by atoms with Crippen LogP contribution in [0.25, 0.3) is 0 Å². The highest BCUT2D eigenvalue weighted by atomic mass is 16.5. The maximum absolute atomic E-state index is 13.2. The lowest BCUT2D eigenvalue weighted by Gasteiger charge is -2.31. The first kappa shape index (κ1) is 26.3. The van der Waals surface area contributed by atoms with E-state index in [1.807, 2.05) is 13.8 Å². The number of nitrogens with one attached hydrogen (secondary N) is 3. The van der Waals surface area contributed by atoms with Crippen molar-refractivity contribution in [1.82, 2.24) is 10.8 Å². The number of hydrogen-bond acceptors (Lipinski definition) is 6. The maximum Gasteiger partial charge on any atom is 0.337 e. The number of benzene rings is 1. The molecule has 1 saturated carbocycles. The summed E-state index contributed by atoms with van der Waals surface area (Å²) >= 11 is 0. The number of carbonyl (C=O) groups is 4. The summed E-state index contributed by atoms with van der Waals surface area (Å²) in [6.45, 7) is 3.89. The van der Waals surface area contributed by atoms with E-state index < -0.39 is 23.8 Å². The minimum Gasteiger partial charge on any atom is -0.465 e. The van der Waals surface area contributed by atoms with E-state index in [2.05, 4.69) is 15.4 Å². The zero-order valence-corrected chi connectivity index (χ0v) is 19.6. The first-order chi connectivity index (χ1) is 15.7. The Morgan fingerprint density at radius 2 is 1.67 bits per heavy atom. The molecule has 0 aliphatic heterocycles. The summed E-state index contributed by atoms with van der Waals surface area (Å²) in [6.07, 6.45) is 5.01. The van der Waals surface area contributed by atoms with Crippen LogP contribution in [0.1, 0.15) is 69.2 Å². The summed E-state index contributed by atoms with van der Waals surface area (Å²) in [7, 11) is 1.30. The van der Waals surface area contributed by atoms with Crippen molar-refractivity contribution in [3.05, 3.63) is 29.8 Å². The summed E-state index contributed by atoms with van der Waals surface area (Å²) in [5, 5.41) is 14.6. The van der Waals surface area contributed by atoms with Gasteiger partial charge in [-0.05, 0) is 55.4 Å². The number of methoxy groups -OCH3 is 1. The average Bonchev–Trinajstić information content (AvgIpc) is 2.81. The summed E-state index contributed by atoms with van der Waals surface area (Å²) in [5.74, 6) is -2.33. The quantitative estimate of drug-likeness (QED) is 0.240. The molecule has 182 valence electrons. The van der Waals surface area contributed by atoms with E-state index in [4.69, 9.17) is 5.21 Å². The lowest BCUT2D eigenvalue weighted by Crippen LogP contribution is -2.51. The Balaban J connectivity index is 2.17. The molecule has 9 nitrogen and oxygen atoms in total. The Morgan fingerprint density at radius 1 is 1.03 bits per heavy atom. The van der Waals surface area contributed by atoms with Crippen molar-refractivity contribution in [3.8, 4) is 0 Å². The van der Waals surface area contributed by atoms with E-state index in [-0.39, 0.29) is 30.1 Å². The second-order valence-corrected chi connectivity index (χ2v) is 9.01. The molecule has 3 amide bonds. The predicted octanol–water partition coefficient (Wildman–Crippen LogP) is 3.03. The molecule has 2 atom stereocenters. The molecule has 1 aromatic rings. The third-order valence-electron chi connectivity index (χ3n) is 5.96. The van der Waals surface area contributed by atoms with Crippen molar-refractivity contribution in [2.75, 3.05) is 12.4 Å². The molecule has 1 aliphatic rings. The minimum atomic E-state index is -0.745. The fourth-order valence-electron chi connectivity index (χ4n) is 4.29. The Morgan fingerprint density at radius 3 is 2.21 bits per heavy atom. The van der Waals surface area contributed by atoms with Crippen LogP contribution in [-0.2, 0) is 19.1 Å². The zero-order valence-electron chi connectivity index (χ0n) is 19.6. The van der Waals surface area contributed by atoms with Gasteiger partial charge in [0.1, 0.15) is 6.04 Å². The number of ether oxygens (including phenoxy) is 1. The van der Waals surface area contributed by atoms with Crippen LogP contribution in [0.4, 0.5) is 5.69 Å². The summed E-state index contributed by atoms with van der Waals surface area (Å²) in [4.78, 5) is 49.6. The lowest BCUT2D eigenvalue weighted by atomic mass is 9.83. The van der Waals surface area contributed by atoms with E-state index in [0.29, 0.717) is 17.7 Å². The monoisotopic (exact) mass is 461 g/mol. The first-order valence-corrected chi connectivity index (χ1v) is 11.5. The molecule has 0 saturated heterocycles. The van der Waals surface area contributed by atoms with Crippen molar-refractivity contribution in [3.63, 3.8) is 0 Å². The number of rotatable bonds is 10. The first-order valence-electron chi connectivity index (χ1n) is 11.5. The van der Waals surface area contributed by atoms with Gasteiger partial charge in [-0.25, -0.2) is 10.3 Å². The van der Waals surface area contributed by atoms with Gasteiger partial charge in [0.15, 0.2) is 0 Å². The largest absolute Gasteiger partial charge is 0.465 e. The summed E-state index contributed by atoms with van der Waals surface area (Å²) < 4.78 is 4.69. The van der Waals surface area contributed by atoms with Gasteiger partial charge in [-0.1, -0.05) is 33.1 Å². The molecular weight excluding hydrogens is 426 g/mol. The van der Waals surface area contributed by atoms with Gasteiger partial charge < -0.3 is 15.4 Å². The second kappa shape index (κ2) is 12.9. The molecule has 0 spiro atoms. The van der Waals surface area contributed by atoms with Crippen LogP contribution in [0.3, 0.4) is 0 Å². The average molecular weight is 462 g/mol. The van der Waals surface area contributed by atoms with E-state index in [0.717, 1.165) is 32.1 Å². The Hall–Kier alpha value is -2.94. The van der Waals surface area contributed by atoms with Gasteiger partial charge in [-0.15, -0.1) is 0 Å². The molecule has 1 aromatic carbocycles. The third-order valence-corrected chi connectivity index (χ3v) is 5.96. The van der Waals surface area contributed by atoms with E-state index >= 15 is 0 Å². The number of esters is 1. The van der Waals surface area contributed by atoms with Gasteiger partial charge in [0.25, 0.3) is 0 Å². The van der Waals surface area contributed by atoms with Crippen LogP contribution in [0.15, 0.2) is 24.3 Å². The molecule has 0 aromatic heterocycles. The lowest BCUT2D eigenvalue weighted by molar-refractivity contribution is -0.136. The fraction of sp³-hybridized carbons (Fsp3) is 0.583. The van der Waals surface area contributed by atoms with Gasteiger partial charge >= 0.3 is 5.97 Å². The Bertz CT molecular complexity index is 818. The van der Waals surface area contributed by atoms with Crippen LogP contribution in [0.2, 0.25) is 0 Å². The van der Waals surface area contributed by atoms with Gasteiger partial charge in [0.05, 0.1) is 12.7 Å². The summed E-state index contributed by atoms with van der Waals surface area (Å²) in [6, 6.07) is 5.59. The molecule has 1 fully saturated rings. The highest BCUT2D eigenvalue weighted by Crippen LogP contribution is 2.28. The smallest absolute Gasteiger partial charge is 0.337 e. The van der Waals surface area contributed by atoms with Gasteiger partial charge in [0.2, 0.25) is 17.7 Å². The highest BCUT2D eigenvalue weighted by Gasteiger charge is 2.33. The van der Waals surface area contributed by atoms with E-state index in [1.54, 1.807) is 29.7 Å². The van der Waals surface area contributed by atoms with Crippen molar-refractivity contribution in [2.24, 2.45) is 17.8 Å². The number of hydrogen-bond donors (Lipinski definition) is 4. The van der Waals surface area contributed by atoms with E-state index in [9.17, 15) is 19.2 Å². The van der Waals surface area contributed by atoms with Gasteiger partial charge in [0, 0.05) is 18.0 Å². The van der Waals surface area contributed by atoms with Crippen molar-refractivity contribution < 1.29 is 29.1 Å². The van der Waals surface area contributed by atoms with E-state index in [1.165, 1.54) is 7.11 Å². The molecule has 2 rings (SSSR count). The maximum atomic E-state index is 13.2. The molecular formula is C24H35N3O6. The highest BCUT2D eigenvalue weighted by molar-refractivity contribution is 5.98. The molecule has 0 unspecified atom stereocenters. The van der Waals surface area contributed by atoms with Crippen LogP contribution < -0.4 is 16.1 Å². The van der Waals surface area contributed by atoms with Gasteiger partial charge in [-0.2, -0.15) is 0 Å². The second-order valence-electron chi connectivity index (χ2n) is 9.01. The molecule has 0 radical (unpaired) electrons. The number of hydroxylamine groups is 1. The molecule has 1 aliphatic carbocycles. The van der Waals surface area contributed by atoms with Gasteiger partial charge in [-0.3, -0.25) is 19.6 Å². The molecule has 0 heterocycles. The third kappa shape index (κ3) is 8.16. The molecule has 9 heteroatoms. The van der Waals surface area contributed by atoms with Crippen LogP contribution >= 0.6 is 0 Å². The van der Waals surface area contributed by atoms with Crippen molar-refractivity contribution in [2.45, 2.75) is 64.8 Å².